The third kappa shape index (κ3) is 2.69. The molecule has 11 heavy (non-hydrogen) atoms. The molecule has 0 saturated heterocycles. The van der Waals surface area contributed by atoms with Gasteiger partial charge in [0.1, 0.15) is 0 Å². The van der Waals surface area contributed by atoms with E-state index in [2.05, 4.69) is 31.9 Å². The second-order valence-corrected chi connectivity index (χ2v) is 5.58. The highest BCUT2D eigenvalue weighted by molar-refractivity contribution is 9.10. The highest BCUT2D eigenvalue weighted by Crippen LogP contribution is 2.14. The molecule has 0 fully saturated rings. The molecule has 0 radical (unpaired) electrons. The monoisotopic (exact) mass is 296 g/mol. The van der Waals surface area contributed by atoms with E-state index in [1.807, 2.05) is 24.3 Å². The van der Waals surface area contributed by atoms with Crippen LogP contribution in [0.2, 0.25) is 0 Å². The van der Waals surface area contributed by atoms with Crippen molar-refractivity contribution in [3.8, 4) is 0 Å². The Morgan fingerprint density at radius 3 is 2.27 bits per heavy atom. The van der Waals surface area contributed by atoms with Crippen LogP contribution in [0.1, 0.15) is 0 Å². The van der Waals surface area contributed by atoms with Crippen LogP contribution in [0, 0.1) is 0 Å². The summed E-state index contributed by atoms with van der Waals surface area (Å²) in [5.74, 6) is 0. The van der Waals surface area contributed by atoms with Crippen LogP contribution in [-0.2, 0) is 10.8 Å². The molecule has 0 aliphatic heterocycles. The summed E-state index contributed by atoms with van der Waals surface area (Å²) in [6.07, 6.45) is 0. The van der Waals surface area contributed by atoms with E-state index in [1.165, 1.54) is 0 Å². The number of rotatable bonds is 2. The molecule has 0 spiro atoms. The molecular weight excluding hydrogens is 292 g/mol. The van der Waals surface area contributed by atoms with Crippen molar-refractivity contribution < 1.29 is 4.21 Å². The SMILES string of the molecule is O=S(CBr)c1ccc(Br)cc1. The summed E-state index contributed by atoms with van der Waals surface area (Å²) in [6, 6.07) is 7.47. The van der Waals surface area contributed by atoms with Gasteiger partial charge in [0.25, 0.3) is 0 Å². The van der Waals surface area contributed by atoms with E-state index < -0.39 is 10.8 Å². The first-order chi connectivity index (χ1) is 5.24. The van der Waals surface area contributed by atoms with E-state index in [9.17, 15) is 4.21 Å². The van der Waals surface area contributed by atoms with Crippen LogP contribution in [-0.4, -0.2) is 8.87 Å². The molecule has 4 heteroatoms. The fraction of sp³-hybridized carbons (Fsp3) is 0.143. The average Bonchev–Trinajstić information content (AvgIpc) is 2.05. The van der Waals surface area contributed by atoms with Crippen molar-refractivity contribution in [1.29, 1.82) is 0 Å². The number of alkyl halides is 1. The first-order valence-corrected chi connectivity index (χ1v) is 6.17. The predicted molar refractivity (Wildman–Crippen MR) is 54.3 cm³/mol. The minimum Gasteiger partial charge on any atom is -0.253 e. The van der Waals surface area contributed by atoms with Gasteiger partial charge < -0.3 is 0 Å². The summed E-state index contributed by atoms with van der Waals surface area (Å²) < 4.78 is 12.7. The topological polar surface area (TPSA) is 17.1 Å². The Balaban J connectivity index is 2.90. The summed E-state index contributed by atoms with van der Waals surface area (Å²) in [5, 5.41) is 0. The molecule has 0 bridgehead atoms. The van der Waals surface area contributed by atoms with E-state index in [0.717, 1.165) is 9.37 Å². The van der Waals surface area contributed by atoms with Gasteiger partial charge in [-0.3, -0.25) is 4.21 Å². The van der Waals surface area contributed by atoms with Crippen molar-refractivity contribution in [3.63, 3.8) is 0 Å². The summed E-state index contributed by atoms with van der Waals surface area (Å²) in [4.78, 5) is 0.852. The van der Waals surface area contributed by atoms with Crippen molar-refractivity contribution in [2.75, 3.05) is 4.66 Å². The molecule has 1 unspecified atom stereocenters. The van der Waals surface area contributed by atoms with Gasteiger partial charge in [-0.05, 0) is 24.3 Å². The Labute approximate surface area is 84.9 Å². The van der Waals surface area contributed by atoms with E-state index >= 15 is 0 Å². The lowest BCUT2D eigenvalue weighted by Gasteiger charge is -1.96. The minimum atomic E-state index is -0.903. The molecule has 1 aromatic carbocycles. The molecule has 0 aliphatic rings. The highest BCUT2D eigenvalue weighted by atomic mass is 79.9. The van der Waals surface area contributed by atoms with Crippen molar-refractivity contribution in [2.24, 2.45) is 0 Å². The van der Waals surface area contributed by atoms with Crippen LogP contribution in [0.15, 0.2) is 33.6 Å². The van der Waals surface area contributed by atoms with Crippen molar-refractivity contribution in [3.05, 3.63) is 28.7 Å². The van der Waals surface area contributed by atoms with E-state index in [4.69, 9.17) is 0 Å². The minimum absolute atomic E-state index is 0.495. The van der Waals surface area contributed by atoms with Crippen LogP contribution in [0.25, 0.3) is 0 Å². The van der Waals surface area contributed by atoms with Gasteiger partial charge in [-0.15, -0.1) is 0 Å². The Morgan fingerprint density at radius 1 is 1.27 bits per heavy atom. The molecule has 1 atom stereocenters. The highest BCUT2D eigenvalue weighted by Gasteiger charge is 1.99. The van der Waals surface area contributed by atoms with Gasteiger partial charge in [0.05, 0.1) is 15.5 Å². The van der Waals surface area contributed by atoms with Gasteiger partial charge in [-0.25, -0.2) is 0 Å². The third-order valence-electron chi connectivity index (χ3n) is 1.18. The maximum atomic E-state index is 11.2. The van der Waals surface area contributed by atoms with Crippen LogP contribution in [0.4, 0.5) is 0 Å². The van der Waals surface area contributed by atoms with Gasteiger partial charge in [0.15, 0.2) is 0 Å². The van der Waals surface area contributed by atoms with Crippen LogP contribution >= 0.6 is 31.9 Å². The first-order valence-electron chi connectivity index (χ1n) is 2.94. The molecule has 1 rings (SSSR count). The van der Waals surface area contributed by atoms with E-state index in [1.54, 1.807) is 0 Å². The molecule has 60 valence electrons. The van der Waals surface area contributed by atoms with Gasteiger partial charge in [-0.2, -0.15) is 0 Å². The van der Waals surface area contributed by atoms with E-state index in [-0.39, 0.29) is 0 Å². The van der Waals surface area contributed by atoms with Gasteiger partial charge in [0, 0.05) is 9.37 Å². The zero-order chi connectivity index (χ0) is 8.27. The summed E-state index contributed by atoms with van der Waals surface area (Å²) in [7, 11) is -0.903. The first kappa shape index (κ1) is 9.42. The number of hydrogen-bond donors (Lipinski definition) is 0. The second-order valence-electron chi connectivity index (χ2n) is 1.91. The van der Waals surface area contributed by atoms with E-state index in [0.29, 0.717) is 4.66 Å². The maximum absolute atomic E-state index is 11.2. The fourth-order valence-corrected chi connectivity index (χ4v) is 2.27. The fourth-order valence-electron chi connectivity index (χ4n) is 0.649. The lowest BCUT2D eigenvalue weighted by Crippen LogP contribution is -1.90. The summed E-state index contributed by atoms with van der Waals surface area (Å²) in [5.41, 5.74) is 0. The molecule has 0 aromatic heterocycles. The average molecular weight is 298 g/mol. The number of halogens is 2. The zero-order valence-corrected chi connectivity index (χ0v) is 9.58. The van der Waals surface area contributed by atoms with Gasteiger partial charge in [0.2, 0.25) is 0 Å². The normalized spacial score (nSPS) is 12.9. The van der Waals surface area contributed by atoms with Crippen molar-refractivity contribution in [1.82, 2.24) is 0 Å². The summed E-state index contributed by atoms with van der Waals surface area (Å²) >= 11 is 6.46. The molecule has 0 saturated carbocycles. The van der Waals surface area contributed by atoms with Crippen LogP contribution < -0.4 is 0 Å². The lowest BCUT2D eigenvalue weighted by molar-refractivity contribution is 0.686. The second kappa shape index (κ2) is 4.38. The molecule has 0 heterocycles. The van der Waals surface area contributed by atoms with Crippen molar-refractivity contribution in [2.45, 2.75) is 4.90 Å². The Kier molecular flexibility index (Phi) is 3.75. The smallest absolute Gasteiger partial charge is 0.0836 e. The summed E-state index contributed by atoms with van der Waals surface area (Å²) in [6.45, 7) is 0. The molecular formula is C7H6Br2OS. The quantitative estimate of drug-likeness (QED) is 0.767. The zero-order valence-electron chi connectivity index (χ0n) is 5.59. The third-order valence-corrected chi connectivity index (χ3v) is 3.95. The maximum Gasteiger partial charge on any atom is 0.0836 e. The molecule has 0 N–H and O–H groups in total. The lowest BCUT2D eigenvalue weighted by atomic mass is 10.4. The standard InChI is InChI=1S/C7H6Br2OS/c8-5-11(10)7-3-1-6(9)2-4-7/h1-4H,5H2. The Bertz CT molecular complexity index is 258. The number of hydrogen-bond acceptors (Lipinski definition) is 1. The van der Waals surface area contributed by atoms with Gasteiger partial charge in [-0.1, -0.05) is 31.9 Å². The predicted octanol–water partition coefficient (Wildman–Crippen LogP) is 2.91. The Morgan fingerprint density at radius 2 is 1.82 bits per heavy atom. The van der Waals surface area contributed by atoms with Crippen LogP contribution in [0.5, 0.6) is 0 Å². The largest absolute Gasteiger partial charge is 0.253 e. The molecule has 1 nitrogen and oxygen atoms in total. The van der Waals surface area contributed by atoms with Crippen LogP contribution in [0.3, 0.4) is 0 Å². The Hall–Kier alpha value is 0.330. The molecule has 0 amide bonds. The van der Waals surface area contributed by atoms with Gasteiger partial charge >= 0.3 is 0 Å². The van der Waals surface area contributed by atoms with Crippen molar-refractivity contribution >= 4 is 42.7 Å². The molecule has 1 aromatic rings. The number of benzene rings is 1. The molecule has 0 aliphatic carbocycles.